The second kappa shape index (κ2) is 9.55. The largest absolute Gasteiger partial charge is 0.465 e. The number of rotatable bonds is 6. The van der Waals surface area contributed by atoms with E-state index in [0.29, 0.717) is 6.20 Å². The van der Waals surface area contributed by atoms with Crippen LogP contribution in [0.5, 0.6) is 0 Å². The third-order valence-electron chi connectivity index (χ3n) is 4.52. The van der Waals surface area contributed by atoms with Gasteiger partial charge in [-0.3, -0.25) is 4.79 Å². The van der Waals surface area contributed by atoms with Crippen LogP contribution in [0.4, 0.5) is 40.4 Å². The monoisotopic (exact) mass is 462 g/mol. The highest BCUT2D eigenvalue weighted by Gasteiger charge is 2.34. The van der Waals surface area contributed by atoms with E-state index in [1.807, 2.05) is 0 Å². The molecule has 0 fully saturated rings. The van der Waals surface area contributed by atoms with E-state index >= 15 is 0 Å². The molecule has 33 heavy (non-hydrogen) atoms. The Labute approximate surface area is 185 Å². The molecule has 0 aliphatic heterocycles. The number of aromatic nitrogens is 1. The van der Waals surface area contributed by atoms with Crippen molar-refractivity contribution < 1.29 is 31.9 Å². The number of esters is 1. The predicted molar refractivity (Wildman–Crippen MR) is 113 cm³/mol. The molecule has 1 aromatic heterocycles. The Morgan fingerprint density at radius 3 is 2.33 bits per heavy atom. The third-order valence-corrected chi connectivity index (χ3v) is 4.52. The number of nitrogens with zero attached hydrogens (tertiary/aromatic N) is 1. The molecule has 7 nitrogen and oxygen atoms in total. The summed E-state index contributed by atoms with van der Waals surface area (Å²) in [5, 5.41) is 7.75. The average molecular weight is 462 g/mol. The molecule has 0 saturated heterocycles. The van der Waals surface area contributed by atoms with Gasteiger partial charge in [-0.1, -0.05) is 12.1 Å². The van der Waals surface area contributed by atoms with Crippen molar-refractivity contribution in [2.45, 2.75) is 6.18 Å². The number of anilines is 4. The third kappa shape index (κ3) is 5.37. The summed E-state index contributed by atoms with van der Waals surface area (Å²) in [6.45, 7) is 0. The number of amides is 1. The lowest BCUT2D eigenvalue weighted by Gasteiger charge is -2.17. The first-order valence-electron chi connectivity index (χ1n) is 9.44. The lowest BCUT2D eigenvalue weighted by molar-refractivity contribution is -0.137. The van der Waals surface area contributed by atoms with Crippen LogP contribution in [0.3, 0.4) is 0 Å². The van der Waals surface area contributed by atoms with Gasteiger partial charge in [-0.25, -0.2) is 14.2 Å². The second-order valence-corrected chi connectivity index (χ2v) is 6.67. The minimum Gasteiger partial charge on any atom is -0.465 e. The van der Waals surface area contributed by atoms with E-state index in [9.17, 15) is 27.2 Å². The maximum atomic E-state index is 14.2. The van der Waals surface area contributed by atoms with E-state index in [-0.39, 0.29) is 34.0 Å². The number of carbonyl (C=O) groups is 2. The molecule has 3 N–H and O–H groups in total. The molecule has 3 rings (SSSR count). The molecule has 0 radical (unpaired) electrons. The van der Waals surface area contributed by atoms with Gasteiger partial charge in [0.25, 0.3) is 5.91 Å². The maximum Gasteiger partial charge on any atom is 0.419 e. The van der Waals surface area contributed by atoms with Crippen molar-refractivity contribution >= 4 is 34.8 Å². The highest BCUT2D eigenvalue weighted by molar-refractivity contribution is 6.00. The van der Waals surface area contributed by atoms with Gasteiger partial charge in [-0.15, -0.1) is 0 Å². The van der Waals surface area contributed by atoms with E-state index in [1.54, 1.807) is 12.1 Å². The summed E-state index contributed by atoms with van der Waals surface area (Å²) in [5.41, 5.74) is -1.30. The normalized spacial score (nSPS) is 11.0. The van der Waals surface area contributed by atoms with E-state index in [0.717, 1.165) is 19.2 Å². The zero-order valence-corrected chi connectivity index (χ0v) is 17.4. The molecule has 0 atom stereocenters. The molecule has 0 unspecified atom stereocenters. The number of ether oxygens (including phenoxy) is 1. The lowest BCUT2D eigenvalue weighted by Crippen LogP contribution is -2.19. The summed E-state index contributed by atoms with van der Waals surface area (Å²) < 4.78 is 59.3. The Morgan fingerprint density at radius 2 is 1.70 bits per heavy atom. The van der Waals surface area contributed by atoms with Crippen LogP contribution in [0, 0.1) is 5.82 Å². The number of alkyl halides is 3. The predicted octanol–water partition coefficient (Wildman–Crippen LogP) is 4.87. The SMILES string of the molecule is CNC(=O)c1ccccc1Nc1cc(Nc2ccc(C(=O)OC)c(F)c2)ncc1C(F)(F)F. The van der Waals surface area contributed by atoms with Gasteiger partial charge >= 0.3 is 12.1 Å². The Bertz CT molecular complexity index is 1200. The summed E-state index contributed by atoms with van der Waals surface area (Å²) >= 11 is 0. The van der Waals surface area contributed by atoms with Gasteiger partial charge in [0.1, 0.15) is 11.6 Å². The molecule has 0 bridgehead atoms. The highest BCUT2D eigenvalue weighted by atomic mass is 19.4. The molecular formula is C22H18F4N4O3. The standard InChI is InChI=1S/C22H18F4N4O3/c1-27-20(31)14-5-3-4-6-17(14)30-18-10-19(28-11-15(18)22(24,25)26)29-12-7-8-13(16(23)9-12)21(32)33-2/h3-11H,1-2H3,(H,27,31)(H2,28,29,30). The van der Waals surface area contributed by atoms with Crippen molar-refractivity contribution in [3.63, 3.8) is 0 Å². The van der Waals surface area contributed by atoms with Crippen LogP contribution in [0.15, 0.2) is 54.7 Å². The van der Waals surface area contributed by atoms with Crippen LogP contribution in [0.2, 0.25) is 0 Å². The zero-order chi connectivity index (χ0) is 24.2. The Hall–Kier alpha value is -4.15. The Morgan fingerprint density at radius 1 is 0.970 bits per heavy atom. The van der Waals surface area contributed by atoms with Crippen LogP contribution < -0.4 is 16.0 Å². The molecule has 0 spiro atoms. The quantitative estimate of drug-likeness (QED) is 0.358. The molecule has 1 amide bonds. The molecule has 0 aliphatic carbocycles. The topological polar surface area (TPSA) is 92.4 Å². The number of nitrogens with one attached hydrogen (secondary N) is 3. The first-order valence-corrected chi connectivity index (χ1v) is 9.44. The second-order valence-electron chi connectivity index (χ2n) is 6.67. The molecular weight excluding hydrogens is 444 g/mol. The first kappa shape index (κ1) is 23.5. The summed E-state index contributed by atoms with van der Waals surface area (Å²) in [6.07, 6.45) is -4.11. The fourth-order valence-electron chi connectivity index (χ4n) is 2.94. The summed E-state index contributed by atoms with van der Waals surface area (Å²) in [4.78, 5) is 27.3. The van der Waals surface area contributed by atoms with Crippen LogP contribution in [-0.2, 0) is 10.9 Å². The van der Waals surface area contributed by atoms with E-state index < -0.39 is 29.4 Å². The molecule has 11 heteroatoms. The number of halogens is 4. The van der Waals surface area contributed by atoms with Crippen LogP contribution >= 0.6 is 0 Å². The first-order chi connectivity index (χ1) is 15.6. The Balaban J connectivity index is 1.98. The van der Waals surface area contributed by atoms with Gasteiger partial charge < -0.3 is 20.7 Å². The van der Waals surface area contributed by atoms with Gasteiger partial charge in [0.15, 0.2) is 0 Å². The van der Waals surface area contributed by atoms with E-state index in [1.165, 1.54) is 31.3 Å². The lowest BCUT2D eigenvalue weighted by atomic mass is 10.1. The number of benzene rings is 2. The number of carbonyl (C=O) groups excluding carboxylic acids is 2. The molecule has 3 aromatic rings. The van der Waals surface area contributed by atoms with Crippen LogP contribution in [-0.4, -0.2) is 31.0 Å². The van der Waals surface area contributed by atoms with Gasteiger partial charge in [0, 0.05) is 25.0 Å². The summed E-state index contributed by atoms with van der Waals surface area (Å²) in [6, 6.07) is 10.6. The summed E-state index contributed by atoms with van der Waals surface area (Å²) in [5.74, 6) is -2.27. The highest BCUT2D eigenvalue weighted by Crippen LogP contribution is 2.37. The fourth-order valence-corrected chi connectivity index (χ4v) is 2.94. The maximum absolute atomic E-state index is 14.2. The van der Waals surface area contributed by atoms with Gasteiger partial charge in [-0.05, 0) is 30.3 Å². The number of methoxy groups -OCH3 is 1. The van der Waals surface area contributed by atoms with Gasteiger partial charge in [0.05, 0.1) is 35.2 Å². The van der Waals surface area contributed by atoms with Crippen molar-refractivity contribution in [1.82, 2.24) is 10.3 Å². The van der Waals surface area contributed by atoms with Gasteiger partial charge in [-0.2, -0.15) is 13.2 Å². The summed E-state index contributed by atoms with van der Waals surface area (Å²) in [7, 11) is 2.51. The fraction of sp³-hybridized carbons (Fsp3) is 0.136. The van der Waals surface area contributed by atoms with E-state index in [2.05, 4.69) is 25.7 Å². The molecule has 172 valence electrons. The average Bonchev–Trinajstić information content (AvgIpc) is 2.78. The van der Waals surface area contributed by atoms with Crippen molar-refractivity contribution in [2.75, 3.05) is 24.8 Å². The molecule has 0 aliphatic rings. The zero-order valence-electron chi connectivity index (χ0n) is 17.4. The van der Waals surface area contributed by atoms with E-state index in [4.69, 9.17) is 0 Å². The van der Waals surface area contributed by atoms with Crippen molar-refractivity contribution in [1.29, 1.82) is 0 Å². The smallest absolute Gasteiger partial charge is 0.419 e. The Kier molecular flexibility index (Phi) is 6.80. The van der Waals surface area contributed by atoms with Crippen LogP contribution in [0.1, 0.15) is 26.3 Å². The van der Waals surface area contributed by atoms with Crippen molar-refractivity contribution in [2.24, 2.45) is 0 Å². The number of hydrogen-bond acceptors (Lipinski definition) is 6. The minimum absolute atomic E-state index is 0.0341. The number of para-hydroxylation sites is 1. The molecule has 0 saturated carbocycles. The van der Waals surface area contributed by atoms with Gasteiger partial charge in [0.2, 0.25) is 0 Å². The minimum atomic E-state index is -4.73. The van der Waals surface area contributed by atoms with Crippen molar-refractivity contribution in [3.8, 4) is 0 Å². The number of hydrogen-bond donors (Lipinski definition) is 3. The molecule has 1 heterocycles. The van der Waals surface area contributed by atoms with Crippen LogP contribution in [0.25, 0.3) is 0 Å². The van der Waals surface area contributed by atoms with Crippen molar-refractivity contribution in [3.05, 3.63) is 77.2 Å². The molecule has 2 aromatic carbocycles. The number of pyridine rings is 1.